The predicted octanol–water partition coefficient (Wildman–Crippen LogP) is 3.28. The fourth-order valence-corrected chi connectivity index (χ4v) is 5.12. The zero-order chi connectivity index (χ0) is 22.5. The third kappa shape index (κ3) is 4.71. The highest BCUT2D eigenvalue weighted by molar-refractivity contribution is 8.26. The van der Waals surface area contributed by atoms with Crippen LogP contribution in [0.3, 0.4) is 0 Å². The van der Waals surface area contributed by atoms with Crippen molar-refractivity contribution in [3.63, 3.8) is 0 Å². The average molecular weight is 461 g/mol. The first kappa shape index (κ1) is 23.5. The van der Waals surface area contributed by atoms with Crippen molar-refractivity contribution in [2.24, 2.45) is 0 Å². The number of unbranched alkanes of at least 4 members (excludes halogenated alkanes) is 1. The molecule has 166 valence electrons. The van der Waals surface area contributed by atoms with Gasteiger partial charge in [-0.15, -0.1) is 0 Å². The second-order valence-electron chi connectivity index (χ2n) is 7.59. The lowest BCUT2D eigenvalue weighted by atomic mass is 10.0. The number of anilines is 1. The van der Waals surface area contributed by atoms with Crippen molar-refractivity contribution >= 4 is 46.1 Å². The number of ether oxygens (including phenoxy) is 1. The summed E-state index contributed by atoms with van der Waals surface area (Å²) >= 11 is 6.73. The molecule has 2 saturated heterocycles. The minimum atomic E-state index is -0.281. The predicted molar refractivity (Wildman–Crippen MR) is 128 cm³/mol. The van der Waals surface area contributed by atoms with Crippen LogP contribution in [0.25, 0.3) is 6.08 Å². The van der Waals surface area contributed by atoms with Crippen molar-refractivity contribution in [2.75, 3.05) is 37.7 Å². The number of carbonyl (C=O) groups excluding carboxylic acids is 1. The number of nitrogens with zero attached hydrogens (tertiary/aromatic N) is 4. The van der Waals surface area contributed by atoms with Crippen LogP contribution in [-0.4, -0.2) is 52.5 Å². The van der Waals surface area contributed by atoms with E-state index in [4.69, 9.17) is 17.0 Å². The first-order valence-corrected chi connectivity index (χ1v) is 11.9. The Morgan fingerprint density at radius 1 is 1.19 bits per heavy atom. The average Bonchev–Trinajstić information content (AvgIpc) is 3.03. The number of thioether (sulfide) groups is 1. The summed E-state index contributed by atoms with van der Waals surface area (Å²) in [5.41, 5.74) is 1.18. The Labute approximate surface area is 192 Å². The van der Waals surface area contributed by atoms with Crippen LogP contribution in [0, 0.1) is 18.3 Å². The molecule has 31 heavy (non-hydrogen) atoms. The summed E-state index contributed by atoms with van der Waals surface area (Å²) in [5.74, 6) is 0.646. The Kier molecular flexibility index (Phi) is 7.92. The van der Waals surface area contributed by atoms with Crippen molar-refractivity contribution in [2.45, 2.75) is 46.6 Å². The van der Waals surface area contributed by atoms with E-state index in [-0.39, 0.29) is 17.0 Å². The summed E-state index contributed by atoms with van der Waals surface area (Å²) in [5, 5.41) is 9.69. The molecule has 2 fully saturated rings. The van der Waals surface area contributed by atoms with Gasteiger partial charge in [-0.3, -0.25) is 19.1 Å². The molecule has 7 nitrogen and oxygen atoms in total. The van der Waals surface area contributed by atoms with Gasteiger partial charge in [0.1, 0.15) is 21.8 Å². The summed E-state index contributed by atoms with van der Waals surface area (Å²) in [6.45, 7) is 9.39. The Bertz CT molecular complexity index is 1000. The molecule has 0 saturated carbocycles. The Hall–Kier alpha value is -2.15. The lowest BCUT2D eigenvalue weighted by Crippen LogP contribution is -2.41. The molecule has 3 heterocycles. The van der Waals surface area contributed by atoms with Crippen molar-refractivity contribution in [1.29, 1.82) is 5.26 Å². The van der Waals surface area contributed by atoms with E-state index in [0.717, 1.165) is 30.6 Å². The number of carbonyl (C=O) groups is 1. The second kappa shape index (κ2) is 10.4. The molecule has 2 aliphatic rings. The largest absolute Gasteiger partial charge is 0.378 e. The lowest BCUT2D eigenvalue weighted by Gasteiger charge is -2.33. The number of hydrogen-bond donors (Lipinski definition) is 0. The summed E-state index contributed by atoms with van der Waals surface area (Å²) in [6.07, 6.45) is 4.43. The van der Waals surface area contributed by atoms with Gasteiger partial charge in [-0.25, -0.2) is 0 Å². The number of aromatic nitrogens is 1. The SMILES string of the molecule is CCCCN1C(=O)C(=Cc2c(C)c(C#N)c(=O)n(CCC)c2N2CCOCC2)SC1=S. The molecule has 2 aliphatic heterocycles. The monoisotopic (exact) mass is 460 g/mol. The maximum atomic E-state index is 13.1. The number of thiocarbonyl (C=S) groups is 1. The van der Waals surface area contributed by atoms with Crippen LogP contribution in [0.1, 0.15) is 49.8 Å². The molecule has 0 atom stereocenters. The lowest BCUT2D eigenvalue weighted by molar-refractivity contribution is -0.122. The topological polar surface area (TPSA) is 78.6 Å². The molecule has 9 heteroatoms. The van der Waals surface area contributed by atoms with Gasteiger partial charge in [0, 0.05) is 31.7 Å². The highest BCUT2D eigenvalue weighted by Gasteiger charge is 2.33. The third-order valence-corrected chi connectivity index (χ3v) is 6.87. The van der Waals surface area contributed by atoms with E-state index in [1.165, 1.54) is 11.8 Å². The van der Waals surface area contributed by atoms with Crippen molar-refractivity contribution in [3.05, 3.63) is 31.9 Å². The van der Waals surface area contributed by atoms with E-state index in [1.807, 2.05) is 13.0 Å². The first-order valence-electron chi connectivity index (χ1n) is 10.7. The molecule has 0 spiro atoms. The number of amides is 1. The molecule has 1 amide bonds. The van der Waals surface area contributed by atoms with Gasteiger partial charge in [-0.1, -0.05) is 44.2 Å². The number of pyridine rings is 1. The smallest absolute Gasteiger partial charge is 0.270 e. The Morgan fingerprint density at radius 3 is 2.52 bits per heavy atom. The van der Waals surface area contributed by atoms with Crippen LogP contribution in [-0.2, 0) is 16.1 Å². The molecule has 0 aliphatic carbocycles. The second-order valence-corrected chi connectivity index (χ2v) is 9.27. The summed E-state index contributed by atoms with van der Waals surface area (Å²) in [6, 6.07) is 2.08. The van der Waals surface area contributed by atoms with E-state index >= 15 is 0 Å². The maximum absolute atomic E-state index is 13.1. The van der Waals surface area contributed by atoms with Crippen molar-refractivity contribution in [3.8, 4) is 6.07 Å². The zero-order valence-corrected chi connectivity index (χ0v) is 19.9. The number of hydrogen-bond acceptors (Lipinski definition) is 7. The number of rotatable bonds is 7. The summed E-state index contributed by atoms with van der Waals surface area (Å²) < 4.78 is 7.74. The van der Waals surface area contributed by atoms with Crippen LogP contribution in [0.5, 0.6) is 0 Å². The normalized spacial score (nSPS) is 18.2. The van der Waals surface area contributed by atoms with Gasteiger partial charge in [-0.2, -0.15) is 5.26 Å². The minimum absolute atomic E-state index is 0.109. The molecule has 0 bridgehead atoms. The highest BCUT2D eigenvalue weighted by atomic mass is 32.2. The van der Waals surface area contributed by atoms with Gasteiger partial charge in [0.05, 0.1) is 18.1 Å². The fraction of sp³-hybridized carbons (Fsp3) is 0.545. The molecule has 0 unspecified atom stereocenters. The Balaban J connectivity index is 2.18. The van der Waals surface area contributed by atoms with E-state index in [0.29, 0.717) is 54.2 Å². The summed E-state index contributed by atoms with van der Waals surface area (Å²) in [7, 11) is 0. The van der Waals surface area contributed by atoms with Crippen LogP contribution in [0.4, 0.5) is 5.82 Å². The van der Waals surface area contributed by atoms with Gasteiger partial charge in [0.25, 0.3) is 11.5 Å². The van der Waals surface area contributed by atoms with E-state index < -0.39 is 0 Å². The first-order chi connectivity index (χ1) is 14.9. The molecule has 0 radical (unpaired) electrons. The Morgan fingerprint density at radius 2 is 1.90 bits per heavy atom. The zero-order valence-electron chi connectivity index (χ0n) is 18.3. The van der Waals surface area contributed by atoms with Gasteiger partial charge >= 0.3 is 0 Å². The molecule has 0 N–H and O–H groups in total. The molecule has 3 rings (SSSR count). The number of morpholine rings is 1. The van der Waals surface area contributed by atoms with Gasteiger partial charge in [0.15, 0.2) is 0 Å². The quantitative estimate of drug-likeness (QED) is 0.456. The molecule has 0 aromatic carbocycles. The molecule has 1 aromatic heterocycles. The van der Waals surface area contributed by atoms with Crippen LogP contribution in [0.15, 0.2) is 9.70 Å². The van der Waals surface area contributed by atoms with Crippen LogP contribution >= 0.6 is 24.0 Å². The summed E-state index contributed by atoms with van der Waals surface area (Å²) in [4.78, 5) is 30.5. The highest BCUT2D eigenvalue weighted by Crippen LogP contribution is 2.36. The van der Waals surface area contributed by atoms with E-state index in [1.54, 1.807) is 16.4 Å². The molecule has 1 aromatic rings. The van der Waals surface area contributed by atoms with E-state index in [2.05, 4.69) is 17.9 Å². The van der Waals surface area contributed by atoms with Gasteiger partial charge in [-0.05, 0) is 31.4 Å². The van der Waals surface area contributed by atoms with Gasteiger partial charge in [0.2, 0.25) is 0 Å². The molecular weight excluding hydrogens is 432 g/mol. The van der Waals surface area contributed by atoms with Crippen LogP contribution in [0.2, 0.25) is 0 Å². The fourth-order valence-electron chi connectivity index (χ4n) is 3.83. The maximum Gasteiger partial charge on any atom is 0.270 e. The minimum Gasteiger partial charge on any atom is -0.378 e. The standard InChI is InChI=1S/C22H28N4O3S2/c1-4-6-8-26-21(28)18(31-22(26)30)13-16-15(3)17(14-23)20(27)25(7-5-2)19(16)24-9-11-29-12-10-24/h13H,4-12H2,1-3H3. The van der Waals surface area contributed by atoms with Crippen molar-refractivity contribution in [1.82, 2.24) is 9.47 Å². The van der Waals surface area contributed by atoms with E-state index in [9.17, 15) is 14.9 Å². The van der Waals surface area contributed by atoms with Crippen molar-refractivity contribution < 1.29 is 9.53 Å². The van der Waals surface area contributed by atoms with Gasteiger partial charge < -0.3 is 9.64 Å². The third-order valence-electron chi connectivity index (χ3n) is 5.49. The number of nitriles is 1. The van der Waals surface area contributed by atoms with Crippen LogP contribution < -0.4 is 10.5 Å². The molecular formula is C22H28N4O3S2.